The Kier molecular flexibility index (Phi) is 6.60. The molecule has 1 amide bonds. The summed E-state index contributed by atoms with van der Waals surface area (Å²) in [6, 6.07) is 4.42. The first-order valence-corrected chi connectivity index (χ1v) is 7.24. The van der Waals surface area contributed by atoms with Gasteiger partial charge in [0.15, 0.2) is 0 Å². The molecule has 1 rings (SSSR count). The predicted octanol–water partition coefficient (Wildman–Crippen LogP) is 2.43. The highest BCUT2D eigenvalue weighted by Crippen LogP contribution is 2.28. The number of nitro benzene ring substituents is 1. The maximum Gasteiger partial charge on any atom is 0.284 e. The fraction of sp³-hybridized carbons (Fsp3) is 0.462. The fourth-order valence-corrected chi connectivity index (χ4v) is 2.39. The Labute approximate surface area is 126 Å². The third-order valence-electron chi connectivity index (χ3n) is 3.03. The van der Waals surface area contributed by atoms with Crippen molar-refractivity contribution in [3.8, 4) is 0 Å². The minimum atomic E-state index is -0.517. The smallest absolute Gasteiger partial charge is 0.284 e. The molecule has 0 heterocycles. The Morgan fingerprint density at radius 1 is 1.40 bits per heavy atom. The van der Waals surface area contributed by atoms with Crippen LogP contribution in [0.3, 0.4) is 0 Å². The molecule has 110 valence electrons. The van der Waals surface area contributed by atoms with Crippen LogP contribution in [0.5, 0.6) is 0 Å². The van der Waals surface area contributed by atoms with Crippen LogP contribution in [0.1, 0.15) is 24.2 Å². The number of hydrogen-bond donors (Lipinski definition) is 1. The highest BCUT2D eigenvalue weighted by molar-refractivity contribution is 9.10. The van der Waals surface area contributed by atoms with Crippen molar-refractivity contribution in [1.29, 1.82) is 0 Å². The zero-order valence-electron chi connectivity index (χ0n) is 11.6. The minimum absolute atomic E-state index is 0.110. The quantitative estimate of drug-likeness (QED) is 0.609. The van der Waals surface area contributed by atoms with E-state index >= 15 is 0 Å². The predicted molar refractivity (Wildman–Crippen MR) is 80.9 cm³/mol. The molecule has 0 saturated carbocycles. The van der Waals surface area contributed by atoms with Gasteiger partial charge >= 0.3 is 0 Å². The van der Waals surface area contributed by atoms with Gasteiger partial charge in [-0.2, -0.15) is 0 Å². The Morgan fingerprint density at radius 3 is 2.60 bits per heavy atom. The number of nitro groups is 1. The summed E-state index contributed by atoms with van der Waals surface area (Å²) >= 11 is 3.12. The van der Waals surface area contributed by atoms with Crippen LogP contribution in [0.15, 0.2) is 22.7 Å². The number of benzene rings is 1. The summed E-state index contributed by atoms with van der Waals surface area (Å²) in [5, 5.41) is 13.6. The molecule has 0 bridgehead atoms. The average molecular weight is 344 g/mol. The minimum Gasteiger partial charge on any atom is -0.351 e. The van der Waals surface area contributed by atoms with E-state index in [1.54, 1.807) is 6.07 Å². The van der Waals surface area contributed by atoms with Crippen molar-refractivity contribution in [2.75, 3.05) is 26.2 Å². The lowest BCUT2D eigenvalue weighted by Crippen LogP contribution is -2.34. The van der Waals surface area contributed by atoms with Gasteiger partial charge in [-0.3, -0.25) is 14.9 Å². The first-order valence-electron chi connectivity index (χ1n) is 6.44. The van der Waals surface area contributed by atoms with Gasteiger partial charge in [0.2, 0.25) is 0 Å². The lowest BCUT2D eigenvalue weighted by Gasteiger charge is -2.18. The molecule has 0 aliphatic rings. The molecule has 0 aromatic heterocycles. The van der Waals surface area contributed by atoms with Gasteiger partial charge < -0.3 is 10.2 Å². The van der Waals surface area contributed by atoms with E-state index in [4.69, 9.17) is 0 Å². The molecule has 20 heavy (non-hydrogen) atoms. The normalized spacial score (nSPS) is 10.6. The SMILES string of the molecule is CCN(CC)CCNC(=O)c1cccc([N+](=O)[O-])c1Br. The van der Waals surface area contributed by atoms with Crippen LogP contribution in [-0.2, 0) is 0 Å². The number of nitrogens with one attached hydrogen (secondary N) is 1. The average Bonchev–Trinajstić information content (AvgIpc) is 2.43. The molecule has 7 heteroatoms. The number of rotatable bonds is 7. The van der Waals surface area contributed by atoms with Crippen LogP contribution in [0, 0.1) is 10.1 Å². The molecule has 0 aliphatic heterocycles. The molecule has 0 atom stereocenters. The van der Waals surface area contributed by atoms with Crippen LogP contribution < -0.4 is 5.32 Å². The molecular weight excluding hydrogens is 326 g/mol. The molecule has 0 fully saturated rings. The van der Waals surface area contributed by atoms with Gasteiger partial charge in [-0.15, -0.1) is 0 Å². The van der Waals surface area contributed by atoms with Crippen molar-refractivity contribution in [3.63, 3.8) is 0 Å². The summed E-state index contributed by atoms with van der Waals surface area (Å²) in [4.78, 5) is 24.5. The second kappa shape index (κ2) is 7.96. The monoisotopic (exact) mass is 343 g/mol. The van der Waals surface area contributed by atoms with E-state index in [-0.39, 0.29) is 21.6 Å². The number of halogens is 1. The van der Waals surface area contributed by atoms with Crippen molar-refractivity contribution in [1.82, 2.24) is 10.2 Å². The molecule has 1 N–H and O–H groups in total. The molecule has 0 unspecified atom stereocenters. The molecule has 0 radical (unpaired) electrons. The van der Waals surface area contributed by atoms with Crippen LogP contribution in [-0.4, -0.2) is 41.9 Å². The standard InChI is InChI=1S/C13H18BrN3O3/c1-3-16(4-2)9-8-15-13(18)10-6-5-7-11(12(10)14)17(19)20/h5-7H,3-4,8-9H2,1-2H3,(H,15,18). The summed E-state index contributed by atoms with van der Waals surface area (Å²) in [7, 11) is 0. The number of likely N-dealkylation sites (N-methyl/N-ethyl adjacent to an activating group) is 1. The van der Waals surface area contributed by atoms with Gasteiger partial charge in [0, 0.05) is 19.2 Å². The van der Waals surface area contributed by atoms with Crippen molar-refractivity contribution in [2.24, 2.45) is 0 Å². The third-order valence-corrected chi connectivity index (χ3v) is 3.86. The topological polar surface area (TPSA) is 75.5 Å². The summed E-state index contributed by atoms with van der Waals surface area (Å²) < 4.78 is 0.213. The Balaban J connectivity index is 2.69. The van der Waals surface area contributed by atoms with E-state index in [1.165, 1.54) is 12.1 Å². The van der Waals surface area contributed by atoms with Crippen LogP contribution in [0.25, 0.3) is 0 Å². The summed E-state index contributed by atoms with van der Waals surface area (Å²) in [5.74, 6) is -0.312. The van der Waals surface area contributed by atoms with E-state index in [0.717, 1.165) is 19.6 Å². The van der Waals surface area contributed by atoms with Gasteiger partial charge in [-0.1, -0.05) is 19.9 Å². The third kappa shape index (κ3) is 4.28. The van der Waals surface area contributed by atoms with Crippen LogP contribution in [0.4, 0.5) is 5.69 Å². The molecule has 1 aromatic carbocycles. The van der Waals surface area contributed by atoms with E-state index in [1.807, 2.05) is 0 Å². The van der Waals surface area contributed by atoms with E-state index in [2.05, 4.69) is 40.0 Å². The number of amides is 1. The summed E-state index contributed by atoms with van der Waals surface area (Å²) in [6.45, 7) is 7.23. The molecule has 0 aliphatic carbocycles. The number of carbonyl (C=O) groups excluding carboxylic acids is 1. The van der Waals surface area contributed by atoms with Gasteiger partial charge in [-0.25, -0.2) is 0 Å². The Hall–Kier alpha value is -1.47. The number of hydrogen-bond acceptors (Lipinski definition) is 4. The summed E-state index contributed by atoms with van der Waals surface area (Å²) in [6.07, 6.45) is 0. The zero-order valence-corrected chi connectivity index (χ0v) is 13.1. The lowest BCUT2D eigenvalue weighted by molar-refractivity contribution is -0.385. The van der Waals surface area contributed by atoms with E-state index in [9.17, 15) is 14.9 Å². The first-order chi connectivity index (χ1) is 9.51. The maximum atomic E-state index is 12.0. The second-order valence-electron chi connectivity index (χ2n) is 4.18. The molecule has 0 spiro atoms. The second-order valence-corrected chi connectivity index (χ2v) is 4.97. The Morgan fingerprint density at radius 2 is 2.05 bits per heavy atom. The highest BCUT2D eigenvalue weighted by Gasteiger charge is 2.19. The molecule has 0 saturated heterocycles. The first kappa shape index (κ1) is 16.6. The van der Waals surface area contributed by atoms with Crippen molar-refractivity contribution in [3.05, 3.63) is 38.3 Å². The van der Waals surface area contributed by atoms with Crippen LogP contribution >= 0.6 is 15.9 Å². The van der Waals surface area contributed by atoms with E-state index in [0.29, 0.717) is 6.54 Å². The highest BCUT2D eigenvalue weighted by atomic mass is 79.9. The maximum absolute atomic E-state index is 12.0. The van der Waals surface area contributed by atoms with Gasteiger partial charge in [0.1, 0.15) is 4.47 Å². The van der Waals surface area contributed by atoms with Crippen molar-refractivity contribution >= 4 is 27.5 Å². The summed E-state index contributed by atoms with van der Waals surface area (Å²) in [5.41, 5.74) is 0.167. The molecule has 1 aromatic rings. The van der Waals surface area contributed by atoms with Crippen molar-refractivity contribution in [2.45, 2.75) is 13.8 Å². The van der Waals surface area contributed by atoms with E-state index < -0.39 is 4.92 Å². The molecule has 6 nitrogen and oxygen atoms in total. The number of carbonyl (C=O) groups is 1. The van der Waals surface area contributed by atoms with Gasteiger partial charge in [0.05, 0.1) is 10.5 Å². The fourth-order valence-electron chi connectivity index (χ4n) is 1.80. The largest absolute Gasteiger partial charge is 0.351 e. The van der Waals surface area contributed by atoms with Crippen molar-refractivity contribution < 1.29 is 9.72 Å². The Bertz CT molecular complexity index is 490. The molecular formula is C13H18BrN3O3. The lowest BCUT2D eigenvalue weighted by atomic mass is 10.2. The van der Waals surface area contributed by atoms with Gasteiger partial charge in [0.25, 0.3) is 11.6 Å². The number of nitrogens with zero attached hydrogens (tertiary/aromatic N) is 2. The zero-order chi connectivity index (χ0) is 15.1. The van der Waals surface area contributed by atoms with Crippen LogP contribution in [0.2, 0.25) is 0 Å². The van der Waals surface area contributed by atoms with Gasteiger partial charge in [-0.05, 0) is 35.1 Å².